The maximum absolute atomic E-state index is 13.4. The van der Waals surface area contributed by atoms with Crippen LogP contribution in [0.1, 0.15) is 18.5 Å². The summed E-state index contributed by atoms with van der Waals surface area (Å²) < 4.78 is 18.5. The van der Waals surface area contributed by atoms with Gasteiger partial charge in [0.25, 0.3) is 0 Å². The van der Waals surface area contributed by atoms with Gasteiger partial charge in [-0.15, -0.1) is 0 Å². The lowest BCUT2D eigenvalue weighted by molar-refractivity contribution is 0.341. The van der Waals surface area contributed by atoms with Crippen LogP contribution in [0.15, 0.2) is 29.8 Å². The summed E-state index contributed by atoms with van der Waals surface area (Å²) in [7, 11) is 0. The van der Waals surface area contributed by atoms with Crippen LogP contribution in [0, 0.1) is 5.82 Å². The summed E-state index contributed by atoms with van der Waals surface area (Å²) in [6.45, 7) is 2.05. The third-order valence-electron chi connectivity index (χ3n) is 1.91. The molecule has 0 saturated heterocycles. The minimum absolute atomic E-state index is 0.184. The molecule has 0 aliphatic heterocycles. The maximum atomic E-state index is 13.4. The van der Waals surface area contributed by atoms with Crippen LogP contribution in [0.2, 0.25) is 0 Å². The molecular formula is C11H13ClFNO. The molecule has 15 heavy (non-hydrogen) atoms. The summed E-state index contributed by atoms with van der Waals surface area (Å²) in [4.78, 5) is 0. The Hall–Kier alpha value is -1.06. The Bertz CT molecular complexity index is 352. The molecular weight excluding hydrogens is 217 g/mol. The summed E-state index contributed by atoms with van der Waals surface area (Å²) in [6, 6.07) is 4.50. The van der Waals surface area contributed by atoms with Gasteiger partial charge in [0.15, 0.2) is 11.6 Å². The lowest BCUT2D eigenvalue weighted by atomic mass is 10.1. The van der Waals surface area contributed by atoms with Crippen molar-refractivity contribution in [3.8, 4) is 5.75 Å². The number of rotatable bonds is 4. The van der Waals surface area contributed by atoms with Crippen molar-refractivity contribution in [1.29, 1.82) is 0 Å². The lowest BCUT2D eigenvalue weighted by Crippen LogP contribution is -2.05. The van der Waals surface area contributed by atoms with Crippen LogP contribution in [0.4, 0.5) is 4.39 Å². The fourth-order valence-electron chi connectivity index (χ4n) is 1.09. The van der Waals surface area contributed by atoms with E-state index >= 15 is 0 Å². The molecule has 0 aliphatic carbocycles. The molecule has 1 atom stereocenters. The van der Waals surface area contributed by atoms with Gasteiger partial charge >= 0.3 is 0 Å². The second-order valence-corrected chi connectivity index (χ2v) is 3.40. The average molecular weight is 230 g/mol. The van der Waals surface area contributed by atoms with Gasteiger partial charge in [-0.25, -0.2) is 4.39 Å². The van der Waals surface area contributed by atoms with Crippen molar-refractivity contribution in [2.24, 2.45) is 5.73 Å². The van der Waals surface area contributed by atoms with Crippen molar-refractivity contribution in [3.63, 3.8) is 0 Å². The minimum atomic E-state index is -0.409. The molecule has 0 amide bonds. The topological polar surface area (TPSA) is 35.2 Å². The van der Waals surface area contributed by atoms with E-state index in [0.717, 1.165) is 5.56 Å². The molecule has 0 spiro atoms. The molecule has 1 aromatic carbocycles. The van der Waals surface area contributed by atoms with Gasteiger partial charge in [0.05, 0.1) is 0 Å². The molecule has 2 N–H and O–H groups in total. The zero-order valence-corrected chi connectivity index (χ0v) is 9.17. The van der Waals surface area contributed by atoms with Crippen LogP contribution in [0.5, 0.6) is 5.75 Å². The Morgan fingerprint density at radius 1 is 1.60 bits per heavy atom. The normalized spacial score (nSPS) is 13.1. The number of ether oxygens (including phenoxy) is 1. The van der Waals surface area contributed by atoms with Crippen LogP contribution < -0.4 is 10.5 Å². The predicted octanol–water partition coefficient (Wildman–Crippen LogP) is 2.98. The van der Waals surface area contributed by atoms with Crippen molar-refractivity contribution >= 4 is 11.6 Å². The van der Waals surface area contributed by atoms with Crippen molar-refractivity contribution in [2.45, 2.75) is 13.0 Å². The highest BCUT2D eigenvalue weighted by Crippen LogP contribution is 2.20. The van der Waals surface area contributed by atoms with Crippen molar-refractivity contribution in [1.82, 2.24) is 0 Å². The van der Waals surface area contributed by atoms with Crippen molar-refractivity contribution < 1.29 is 9.13 Å². The molecule has 0 bridgehead atoms. The number of hydrogen-bond donors (Lipinski definition) is 1. The molecule has 1 aromatic rings. The highest BCUT2D eigenvalue weighted by atomic mass is 35.5. The molecule has 1 unspecified atom stereocenters. The zero-order valence-electron chi connectivity index (χ0n) is 8.41. The fraction of sp³-hybridized carbons (Fsp3) is 0.273. The highest BCUT2D eigenvalue weighted by Gasteiger charge is 2.06. The third kappa shape index (κ3) is 3.53. The second kappa shape index (κ2) is 5.73. The van der Waals surface area contributed by atoms with Gasteiger partial charge in [-0.3, -0.25) is 0 Å². The van der Waals surface area contributed by atoms with E-state index in [2.05, 4.69) is 0 Å². The van der Waals surface area contributed by atoms with Gasteiger partial charge in [0.1, 0.15) is 6.61 Å². The van der Waals surface area contributed by atoms with Gasteiger partial charge < -0.3 is 10.5 Å². The summed E-state index contributed by atoms with van der Waals surface area (Å²) >= 11 is 5.30. The maximum Gasteiger partial charge on any atom is 0.165 e. The number of halogens is 2. The van der Waals surface area contributed by atoms with Crippen LogP contribution >= 0.6 is 11.6 Å². The van der Waals surface area contributed by atoms with Crippen molar-refractivity contribution in [3.05, 3.63) is 41.2 Å². The molecule has 0 aromatic heterocycles. The number of hydrogen-bond acceptors (Lipinski definition) is 2. The third-order valence-corrected chi connectivity index (χ3v) is 2.08. The van der Waals surface area contributed by atoms with E-state index in [4.69, 9.17) is 22.1 Å². The molecule has 2 nitrogen and oxygen atoms in total. The molecule has 1 rings (SSSR count). The first-order chi connectivity index (χ1) is 7.15. The van der Waals surface area contributed by atoms with E-state index in [0.29, 0.717) is 0 Å². The standard InChI is InChI=1S/C11H13ClFNO/c1-8(14)9-3-4-11(10(13)7-9)15-6-2-5-12/h2-5,7-8H,6,14H2,1H3/b5-2+. The Labute approximate surface area is 93.5 Å². The summed E-state index contributed by atoms with van der Waals surface area (Å²) in [5.41, 5.74) is 7.69. The van der Waals surface area contributed by atoms with E-state index in [1.807, 2.05) is 0 Å². The SMILES string of the molecule is CC(N)c1ccc(OC/C=C/Cl)c(F)c1. The van der Waals surface area contributed by atoms with E-state index in [1.165, 1.54) is 11.6 Å². The first-order valence-corrected chi connectivity index (χ1v) is 5.02. The molecule has 0 saturated carbocycles. The average Bonchev–Trinajstić information content (AvgIpc) is 2.20. The molecule has 0 radical (unpaired) electrons. The van der Waals surface area contributed by atoms with Gasteiger partial charge in [0, 0.05) is 11.6 Å². The van der Waals surface area contributed by atoms with Crippen LogP contribution in [0.3, 0.4) is 0 Å². The second-order valence-electron chi connectivity index (χ2n) is 3.15. The Morgan fingerprint density at radius 3 is 2.87 bits per heavy atom. The minimum Gasteiger partial charge on any atom is -0.486 e. The largest absolute Gasteiger partial charge is 0.486 e. The van der Waals surface area contributed by atoms with E-state index in [9.17, 15) is 4.39 Å². The van der Waals surface area contributed by atoms with E-state index in [-0.39, 0.29) is 18.4 Å². The quantitative estimate of drug-likeness (QED) is 0.862. The van der Waals surface area contributed by atoms with Crippen LogP contribution in [-0.4, -0.2) is 6.61 Å². The summed E-state index contributed by atoms with van der Waals surface area (Å²) in [5, 5.41) is 0. The number of benzene rings is 1. The lowest BCUT2D eigenvalue weighted by Gasteiger charge is -2.08. The van der Waals surface area contributed by atoms with Crippen LogP contribution in [-0.2, 0) is 0 Å². The Balaban J connectivity index is 2.74. The molecule has 0 fully saturated rings. The van der Waals surface area contributed by atoms with E-state index in [1.54, 1.807) is 25.1 Å². The van der Waals surface area contributed by atoms with Crippen molar-refractivity contribution in [2.75, 3.05) is 6.61 Å². The highest BCUT2D eigenvalue weighted by molar-refractivity contribution is 6.25. The molecule has 4 heteroatoms. The van der Waals surface area contributed by atoms with Gasteiger partial charge in [-0.05, 0) is 30.7 Å². The Morgan fingerprint density at radius 2 is 2.33 bits per heavy atom. The molecule has 0 aliphatic rings. The monoisotopic (exact) mass is 229 g/mol. The molecule has 82 valence electrons. The Kier molecular flexibility index (Phi) is 4.59. The van der Waals surface area contributed by atoms with Gasteiger partial charge in [0.2, 0.25) is 0 Å². The number of nitrogens with two attached hydrogens (primary N) is 1. The smallest absolute Gasteiger partial charge is 0.165 e. The summed E-state index contributed by atoms with van der Waals surface area (Å²) in [6.07, 6.45) is 1.58. The van der Waals surface area contributed by atoms with E-state index < -0.39 is 5.82 Å². The molecule has 0 heterocycles. The predicted molar refractivity (Wildman–Crippen MR) is 59.5 cm³/mol. The first kappa shape index (κ1) is 12.0. The zero-order chi connectivity index (χ0) is 11.3. The van der Waals surface area contributed by atoms with Crippen LogP contribution in [0.25, 0.3) is 0 Å². The van der Waals surface area contributed by atoms with Gasteiger partial charge in [-0.1, -0.05) is 17.7 Å². The summed E-state index contributed by atoms with van der Waals surface area (Å²) in [5.74, 6) is -0.207. The first-order valence-electron chi connectivity index (χ1n) is 4.58. The van der Waals surface area contributed by atoms with Gasteiger partial charge in [-0.2, -0.15) is 0 Å². The fourth-order valence-corrected chi connectivity index (χ4v) is 1.16.